The molecule has 19 heavy (non-hydrogen) atoms. The van der Waals surface area contributed by atoms with Crippen LogP contribution >= 0.6 is 0 Å². The predicted octanol–water partition coefficient (Wildman–Crippen LogP) is 0.796. The molecule has 0 bridgehead atoms. The van der Waals surface area contributed by atoms with Crippen molar-refractivity contribution in [3.63, 3.8) is 0 Å². The molecule has 0 fully saturated rings. The Hall–Kier alpha value is -1.88. The summed E-state index contributed by atoms with van der Waals surface area (Å²) in [6.45, 7) is 4.26. The van der Waals surface area contributed by atoms with Crippen molar-refractivity contribution in [1.29, 1.82) is 0 Å². The quantitative estimate of drug-likeness (QED) is 0.680. The lowest BCUT2D eigenvalue weighted by molar-refractivity contribution is -0.142. The van der Waals surface area contributed by atoms with Crippen molar-refractivity contribution in [2.24, 2.45) is 0 Å². The lowest BCUT2D eigenvalue weighted by atomic mass is 10.1. The van der Waals surface area contributed by atoms with Gasteiger partial charge in [-0.05, 0) is 19.0 Å². The molecule has 0 aliphatic heterocycles. The van der Waals surface area contributed by atoms with Crippen LogP contribution in [0.5, 0.6) is 0 Å². The molecule has 1 amide bonds. The fourth-order valence-corrected chi connectivity index (χ4v) is 1.75. The molecule has 0 unspecified atom stereocenters. The van der Waals surface area contributed by atoms with E-state index in [0.717, 1.165) is 5.56 Å². The van der Waals surface area contributed by atoms with Crippen LogP contribution in [0.4, 0.5) is 0 Å². The third-order valence-corrected chi connectivity index (χ3v) is 2.80. The molecular formula is C14H20N2O3. The minimum Gasteiger partial charge on any atom is -0.480 e. The Morgan fingerprint density at radius 1 is 1.26 bits per heavy atom. The molecule has 5 heteroatoms. The van der Waals surface area contributed by atoms with E-state index in [1.165, 1.54) is 0 Å². The zero-order chi connectivity index (χ0) is 14.3. The number of hydrogen-bond acceptors (Lipinski definition) is 3. The molecular weight excluding hydrogens is 244 g/mol. The van der Waals surface area contributed by atoms with Gasteiger partial charge in [-0.3, -0.25) is 4.79 Å². The summed E-state index contributed by atoms with van der Waals surface area (Å²) in [5.74, 6) is -1.33. The Kier molecular flexibility index (Phi) is 6.02. The minimum absolute atomic E-state index is 0.279. The number of likely N-dealkylation sites (N-methyl/N-ethyl adjacent to an activating group) is 1. The van der Waals surface area contributed by atoms with Gasteiger partial charge in [0.05, 0.1) is 6.04 Å². The number of carboxylic acids is 1. The summed E-state index contributed by atoms with van der Waals surface area (Å²) < 4.78 is 0. The minimum atomic E-state index is -1.03. The number of rotatable bonds is 7. The number of aliphatic carboxylic acids is 1. The molecule has 1 aromatic carbocycles. The first kappa shape index (κ1) is 15.2. The highest BCUT2D eigenvalue weighted by molar-refractivity contribution is 5.86. The molecule has 3 N–H and O–H groups in total. The summed E-state index contributed by atoms with van der Waals surface area (Å²) in [4.78, 5) is 23.0. The van der Waals surface area contributed by atoms with E-state index in [4.69, 9.17) is 5.11 Å². The van der Waals surface area contributed by atoms with Crippen molar-refractivity contribution in [3.05, 3.63) is 35.9 Å². The zero-order valence-electron chi connectivity index (χ0n) is 11.2. The van der Waals surface area contributed by atoms with Crippen LogP contribution in [0, 0.1) is 0 Å². The van der Waals surface area contributed by atoms with E-state index in [9.17, 15) is 9.59 Å². The average molecular weight is 264 g/mol. The lowest BCUT2D eigenvalue weighted by Gasteiger charge is -2.18. The van der Waals surface area contributed by atoms with Gasteiger partial charge in [-0.15, -0.1) is 0 Å². The van der Waals surface area contributed by atoms with E-state index in [-0.39, 0.29) is 12.3 Å². The smallest absolute Gasteiger partial charge is 0.326 e. The summed E-state index contributed by atoms with van der Waals surface area (Å²) in [5, 5.41) is 14.7. The third kappa shape index (κ3) is 5.09. The first-order valence-electron chi connectivity index (χ1n) is 6.35. The Morgan fingerprint density at radius 3 is 2.42 bits per heavy atom. The highest BCUT2D eigenvalue weighted by atomic mass is 16.4. The van der Waals surface area contributed by atoms with Gasteiger partial charge in [-0.2, -0.15) is 0 Å². The molecule has 104 valence electrons. The first-order valence-corrected chi connectivity index (χ1v) is 6.35. The molecule has 2 atom stereocenters. The Balaban J connectivity index is 2.64. The van der Waals surface area contributed by atoms with E-state index in [1.54, 1.807) is 6.92 Å². The maximum atomic E-state index is 11.8. The van der Waals surface area contributed by atoms with E-state index in [2.05, 4.69) is 10.6 Å². The molecule has 0 aliphatic carbocycles. The summed E-state index contributed by atoms with van der Waals surface area (Å²) >= 11 is 0. The maximum Gasteiger partial charge on any atom is 0.326 e. The number of nitrogens with one attached hydrogen (secondary N) is 2. The van der Waals surface area contributed by atoms with Crippen molar-refractivity contribution in [1.82, 2.24) is 10.6 Å². The normalized spacial score (nSPS) is 13.6. The van der Waals surface area contributed by atoms with E-state index >= 15 is 0 Å². The topological polar surface area (TPSA) is 78.4 Å². The molecule has 0 spiro atoms. The van der Waals surface area contributed by atoms with Crippen LogP contribution in [0.25, 0.3) is 0 Å². The number of carboxylic acid groups (broad SMARTS) is 1. The summed E-state index contributed by atoms with van der Waals surface area (Å²) in [6.07, 6.45) is 0.279. The number of amides is 1. The fraction of sp³-hybridized carbons (Fsp3) is 0.429. The van der Waals surface area contributed by atoms with Gasteiger partial charge in [0.2, 0.25) is 5.91 Å². The van der Waals surface area contributed by atoms with Crippen LogP contribution in [-0.4, -0.2) is 35.6 Å². The van der Waals surface area contributed by atoms with Crippen LogP contribution in [0.2, 0.25) is 0 Å². The van der Waals surface area contributed by atoms with Crippen molar-refractivity contribution in [2.45, 2.75) is 32.4 Å². The standard InChI is InChI=1S/C14H20N2O3/c1-3-15-10(2)13(17)16-12(14(18)19)9-11-7-5-4-6-8-11/h4-8,10,12,15H,3,9H2,1-2H3,(H,16,17)(H,18,19)/t10-,12-/m0/s1. The van der Waals surface area contributed by atoms with Gasteiger partial charge >= 0.3 is 5.97 Å². The summed E-state index contributed by atoms with van der Waals surface area (Å²) in [6, 6.07) is 7.93. The van der Waals surface area contributed by atoms with Gasteiger partial charge in [-0.25, -0.2) is 4.79 Å². The van der Waals surface area contributed by atoms with Crippen molar-refractivity contribution in [2.75, 3.05) is 6.54 Å². The second kappa shape index (κ2) is 7.53. The van der Waals surface area contributed by atoms with E-state index in [1.807, 2.05) is 37.3 Å². The van der Waals surface area contributed by atoms with Crippen LogP contribution in [-0.2, 0) is 16.0 Å². The first-order chi connectivity index (χ1) is 9.04. The lowest BCUT2D eigenvalue weighted by Crippen LogP contribution is -2.49. The number of hydrogen-bond donors (Lipinski definition) is 3. The number of benzene rings is 1. The van der Waals surface area contributed by atoms with E-state index in [0.29, 0.717) is 6.54 Å². The summed E-state index contributed by atoms with van der Waals surface area (Å²) in [5.41, 5.74) is 0.881. The highest BCUT2D eigenvalue weighted by Gasteiger charge is 2.22. The number of carbonyl (C=O) groups is 2. The molecule has 0 aromatic heterocycles. The van der Waals surface area contributed by atoms with E-state index < -0.39 is 18.1 Å². The monoisotopic (exact) mass is 264 g/mol. The molecule has 0 heterocycles. The zero-order valence-corrected chi connectivity index (χ0v) is 11.2. The Morgan fingerprint density at radius 2 is 1.89 bits per heavy atom. The predicted molar refractivity (Wildman–Crippen MR) is 72.9 cm³/mol. The Labute approximate surface area is 113 Å². The largest absolute Gasteiger partial charge is 0.480 e. The second-order valence-electron chi connectivity index (χ2n) is 4.37. The SMILES string of the molecule is CCN[C@@H](C)C(=O)N[C@@H](Cc1ccccc1)C(=O)O. The molecule has 1 rings (SSSR count). The van der Waals surface area contributed by atoms with Crippen molar-refractivity contribution >= 4 is 11.9 Å². The van der Waals surface area contributed by atoms with Crippen LogP contribution in [0.1, 0.15) is 19.4 Å². The molecule has 0 saturated carbocycles. The molecule has 5 nitrogen and oxygen atoms in total. The van der Waals surface area contributed by atoms with Gasteiger partial charge in [0, 0.05) is 6.42 Å². The second-order valence-corrected chi connectivity index (χ2v) is 4.37. The van der Waals surface area contributed by atoms with Gasteiger partial charge in [0.15, 0.2) is 0 Å². The van der Waals surface area contributed by atoms with Crippen LogP contribution < -0.4 is 10.6 Å². The molecule has 0 aliphatic rings. The maximum absolute atomic E-state index is 11.8. The molecule has 0 radical (unpaired) electrons. The fourth-order valence-electron chi connectivity index (χ4n) is 1.75. The van der Waals surface area contributed by atoms with Crippen molar-refractivity contribution < 1.29 is 14.7 Å². The average Bonchev–Trinajstić information content (AvgIpc) is 2.39. The van der Waals surface area contributed by atoms with Crippen LogP contribution in [0.3, 0.4) is 0 Å². The molecule has 1 aromatic rings. The van der Waals surface area contributed by atoms with Gasteiger partial charge in [-0.1, -0.05) is 37.3 Å². The third-order valence-electron chi connectivity index (χ3n) is 2.80. The van der Waals surface area contributed by atoms with Gasteiger partial charge in [0.25, 0.3) is 0 Å². The van der Waals surface area contributed by atoms with Crippen molar-refractivity contribution in [3.8, 4) is 0 Å². The molecule has 0 saturated heterocycles. The van der Waals surface area contributed by atoms with Gasteiger partial charge in [0.1, 0.15) is 6.04 Å². The highest BCUT2D eigenvalue weighted by Crippen LogP contribution is 2.03. The Bertz CT molecular complexity index is 420. The summed E-state index contributed by atoms with van der Waals surface area (Å²) in [7, 11) is 0. The van der Waals surface area contributed by atoms with Crippen LogP contribution in [0.15, 0.2) is 30.3 Å². The van der Waals surface area contributed by atoms with Gasteiger partial charge < -0.3 is 15.7 Å². The number of carbonyl (C=O) groups excluding carboxylic acids is 1.